The minimum atomic E-state index is -0.0718. The number of pyridine rings is 1. The van der Waals surface area contributed by atoms with Crippen LogP contribution in [0.5, 0.6) is 0 Å². The second kappa shape index (κ2) is 6.90. The molecular formula is C15H15Cl2NO. The van der Waals surface area contributed by atoms with Gasteiger partial charge in [-0.1, -0.05) is 54.4 Å². The average molecular weight is 296 g/mol. The van der Waals surface area contributed by atoms with Gasteiger partial charge in [-0.15, -0.1) is 0 Å². The van der Waals surface area contributed by atoms with Crippen molar-refractivity contribution in [2.24, 2.45) is 0 Å². The van der Waals surface area contributed by atoms with Crippen LogP contribution in [0.1, 0.15) is 30.6 Å². The number of hydrogen-bond donors (Lipinski definition) is 0. The summed E-state index contributed by atoms with van der Waals surface area (Å²) in [5.74, 6) is 0. The minimum Gasteiger partial charge on any atom is -0.369 e. The summed E-state index contributed by atoms with van der Waals surface area (Å²) < 4.78 is 5.92. The van der Waals surface area contributed by atoms with E-state index in [0.29, 0.717) is 11.8 Å². The van der Waals surface area contributed by atoms with Crippen LogP contribution in [0.15, 0.2) is 42.6 Å². The molecule has 0 fully saturated rings. The summed E-state index contributed by atoms with van der Waals surface area (Å²) in [4.78, 5) is 4.08. The SMILES string of the molecule is CCC(OCc1ccccc1Cl)c1cccnc1Cl. The summed E-state index contributed by atoms with van der Waals surface area (Å²) in [6, 6.07) is 11.5. The van der Waals surface area contributed by atoms with Gasteiger partial charge in [-0.3, -0.25) is 0 Å². The van der Waals surface area contributed by atoms with Crippen LogP contribution >= 0.6 is 23.2 Å². The van der Waals surface area contributed by atoms with Crippen LogP contribution in [0.25, 0.3) is 0 Å². The first kappa shape index (κ1) is 14.3. The van der Waals surface area contributed by atoms with Crippen molar-refractivity contribution in [3.63, 3.8) is 0 Å². The van der Waals surface area contributed by atoms with Crippen molar-refractivity contribution in [2.75, 3.05) is 0 Å². The van der Waals surface area contributed by atoms with E-state index in [0.717, 1.165) is 22.6 Å². The first-order valence-electron chi connectivity index (χ1n) is 6.17. The van der Waals surface area contributed by atoms with Crippen LogP contribution in [0.3, 0.4) is 0 Å². The molecule has 100 valence electrons. The number of benzene rings is 1. The van der Waals surface area contributed by atoms with E-state index in [2.05, 4.69) is 11.9 Å². The van der Waals surface area contributed by atoms with Crippen LogP contribution < -0.4 is 0 Å². The maximum absolute atomic E-state index is 6.11. The van der Waals surface area contributed by atoms with Gasteiger partial charge < -0.3 is 4.74 Å². The number of ether oxygens (including phenoxy) is 1. The highest BCUT2D eigenvalue weighted by Crippen LogP contribution is 2.28. The number of halogens is 2. The zero-order valence-corrected chi connectivity index (χ0v) is 12.2. The summed E-state index contributed by atoms with van der Waals surface area (Å²) in [6.07, 6.45) is 2.43. The lowest BCUT2D eigenvalue weighted by molar-refractivity contribution is 0.0370. The largest absolute Gasteiger partial charge is 0.369 e. The van der Waals surface area contributed by atoms with Gasteiger partial charge in [0.05, 0.1) is 12.7 Å². The fourth-order valence-electron chi connectivity index (χ4n) is 1.87. The fraction of sp³-hybridized carbons (Fsp3) is 0.267. The van der Waals surface area contributed by atoms with Gasteiger partial charge in [0.1, 0.15) is 5.15 Å². The van der Waals surface area contributed by atoms with Gasteiger partial charge in [0.15, 0.2) is 0 Å². The molecule has 2 nitrogen and oxygen atoms in total. The van der Waals surface area contributed by atoms with E-state index in [1.54, 1.807) is 6.20 Å². The van der Waals surface area contributed by atoms with Crippen molar-refractivity contribution in [1.82, 2.24) is 4.98 Å². The van der Waals surface area contributed by atoms with E-state index < -0.39 is 0 Å². The molecule has 0 N–H and O–H groups in total. The highest BCUT2D eigenvalue weighted by atomic mass is 35.5. The molecule has 1 aromatic heterocycles. The van der Waals surface area contributed by atoms with Crippen molar-refractivity contribution in [1.29, 1.82) is 0 Å². The molecule has 0 bridgehead atoms. The molecule has 2 aromatic rings. The quantitative estimate of drug-likeness (QED) is 0.720. The topological polar surface area (TPSA) is 22.1 Å². The highest BCUT2D eigenvalue weighted by Gasteiger charge is 2.14. The van der Waals surface area contributed by atoms with Gasteiger partial charge in [-0.05, 0) is 24.1 Å². The monoisotopic (exact) mass is 295 g/mol. The van der Waals surface area contributed by atoms with Crippen LogP contribution in [0.4, 0.5) is 0 Å². The van der Waals surface area contributed by atoms with Gasteiger partial charge in [0, 0.05) is 16.8 Å². The van der Waals surface area contributed by atoms with E-state index in [1.165, 1.54) is 0 Å². The zero-order valence-electron chi connectivity index (χ0n) is 10.6. The number of nitrogens with zero attached hydrogens (tertiary/aromatic N) is 1. The normalized spacial score (nSPS) is 12.4. The molecule has 0 radical (unpaired) electrons. The Morgan fingerprint density at radius 3 is 2.63 bits per heavy atom. The van der Waals surface area contributed by atoms with Crippen LogP contribution in [-0.4, -0.2) is 4.98 Å². The van der Waals surface area contributed by atoms with Crippen LogP contribution in [0, 0.1) is 0 Å². The Kier molecular flexibility index (Phi) is 5.20. The Labute approximate surface area is 123 Å². The average Bonchev–Trinajstić information content (AvgIpc) is 2.43. The molecule has 0 aliphatic carbocycles. The number of hydrogen-bond acceptors (Lipinski definition) is 2. The summed E-state index contributed by atoms with van der Waals surface area (Å²) in [6.45, 7) is 2.52. The molecule has 1 heterocycles. The lowest BCUT2D eigenvalue weighted by Crippen LogP contribution is -2.05. The predicted octanol–water partition coefficient (Wildman–Crippen LogP) is 5.06. The molecular weight excluding hydrogens is 281 g/mol. The van der Waals surface area contributed by atoms with Crippen molar-refractivity contribution in [2.45, 2.75) is 26.1 Å². The fourth-order valence-corrected chi connectivity index (χ4v) is 2.30. The van der Waals surface area contributed by atoms with Crippen molar-refractivity contribution in [3.05, 3.63) is 63.9 Å². The van der Waals surface area contributed by atoms with Crippen molar-refractivity contribution in [3.8, 4) is 0 Å². The Balaban J connectivity index is 2.09. The third kappa shape index (κ3) is 3.69. The lowest BCUT2D eigenvalue weighted by Gasteiger charge is -2.17. The third-order valence-corrected chi connectivity index (χ3v) is 3.59. The second-order valence-corrected chi connectivity index (χ2v) is 4.95. The van der Waals surface area contributed by atoms with E-state index in [-0.39, 0.29) is 6.10 Å². The summed E-state index contributed by atoms with van der Waals surface area (Å²) in [7, 11) is 0. The zero-order chi connectivity index (χ0) is 13.7. The summed E-state index contributed by atoms with van der Waals surface area (Å²) in [5.41, 5.74) is 1.89. The smallest absolute Gasteiger partial charge is 0.134 e. The van der Waals surface area contributed by atoms with E-state index >= 15 is 0 Å². The Hall–Kier alpha value is -1.09. The molecule has 0 amide bonds. The van der Waals surface area contributed by atoms with Gasteiger partial charge in [0.2, 0.25) is 0 Å². The predicted molar refractivity (Wildman–Crippen MR) is 78.5 cm³/mol. The van der Waals surface area contributed by atoms with E-state index in [9.17, 15) is 0 Å². The minimum absolute atomic E-state index is 0.0718. The first-order chi connectivity index (χ1) is 9.22. The van der Waals surface area contributed by atoms with Crippen LogP contribution in [-0.2, 0) is 11.3 Å². The Morgan fingerprint density at radius 1 is 1.16 bits per heavy atom. The standard InChI is InChI=1S/C15H15Cl2NO/c1-2-14(12-7-5-9-18-15(12)17)19-10-11-6-3-4-8-13(11)16/h3-9,14H,2,10H2,1H3. The molecule has 0 aliphatic rings. The van der Waals surface area contributed by atoms with Gasteiger partial charge in [-0.2, -0.15) is 0 Å². The molecule has 2 rings (SSSR count). The number of aromatic nitrogens is 1. The summed E-state index contributed by atoms with van der Waals surface area (Å²) in [5, 5.41) is 1.21. The highest BCUT2D eigenvalue weighted by molar-refractivity contribution is 6.31. The third-order valence-electron chi connectivity index (χ3n) is 2.90. The molecule has 1 atom stereocenters. The molecule has 0 saturated carbocycles. The lowest BCUT2D eigenvalue weighted by atomic mass is 10.1. The maximum Gasteiger partial charge on any atom is 0.134 e. The second-order valence-electron chi connectivity index (χ2n) is 4.18. The summed E-state index contributed by atoms with van der Waals surface area (Å²) >= 11 is 12.2. The van der Waals surface area contributed by atoms with Gasteiger partial charge >= 0.3 is 0 Å². The van der Waals surface area contributed by atoms with Gasteiger partial charge in [-0.25, -0.2) is 4.98 Å². The molecule has 0 aliphatic heterocycles. The molecule has 4 heteroatoms. The van der Waals surface area contributed by atoms with Crippen molar-refractivity contribution >= 4 is 23.2 Å². The van der Waals surface area contributed by atoms with E-state index in [4.69, 9.17) is 27.9 Å². The Bertz CT molecular complexity index is 545. The van der Waals surface area contributed by atoms with E-state index in [1.807, 2.05) is 36.4 Å². The van der Waals surface area contributed by atoms with Crippen molar-refractivity contribution < 1.29 is 4.74 Å². The molecule has 0 saturated heterocycles. The van der Waals surface area contributed by atoms with Gasteiger partial charge in [0.25, 0.3) is 0 Å². The van der Waals surface area contributed by atoms with Crippen LogP contribution in [0.2, 0.25) is 10.2 Å². The maximum atomic E-state index is 6.11. The molecule has 19 heavy (non-hydrogen) atoms. The molecule has 1 unspecified atom stereocenters. The number of rotatable bonds is 5. The molecule has 1 aromatic carbocycles. The molecule has 0 spiro atoms. The first-order valence-corrected chi connectivity index (χ1v) is 6.93. The Morgan fingerprint density at radius 2 is 1.95 bits per heavy atom.